The van der Waals surface area contributed by atoms with Crippen LogP contribution in [-0.4, -0.2) is 47.8 Å². The summed E-state index contributed by atoms with van der Waals surface area (Å²) in [5, 5.41) is 0.923. The summed E-state index contributed by atoms with van der Waals surface area (Å²) in [6, 6.07) is 13.8. The van der Waals surface area contributed by atoms with Crippen molar-refractivity contribution in [2.45, 2.75) is 12.5 Å². The van der Waals surface area contributed by atoms with E-state index < -0.39 is 0 Å². The Morgan fingerprint density at radius 1 is 1.12 bits per heavy atom. The van der Waals surface area contributed by atoms with Gasteiger partial charge in [0.1, 0.15) is 4.70 Å². The Morgan fingerprint density at radius 2 is 1.97 bits per heavy atom. The number of para-hydroxylation sites is 1. The number of H-pyrrole nitrogens is 1. The quantitative estimate of drug-likeness (QED) is 0.479. The second kappa shape index (κ2) is 8.52. The van der Waals surface area contributed by atoms with E-state index in [4.69, 9.17) is 9.47 Å². The molecular formula is C24H24ClN3O4S. The number of methoxy groups -OCH3 is 1. The van der Waals surface area contributed by atoms with E-state index in [0.29, 0.717) is 41.7 Å². The summed E-state index contributed by atoms with van der Waals surface area (Å²) in [4.78, 5) is 31.1. The smallest absolute Gasteiger partial charge is 0.328 e. The lowest BCUT2D eigenvalue weighted by atomic mass is 9.87. The molecule has 2 aliphatic heterocycles. The van der Waals surface area contributed by atoms with E-state index in [1.54, 1.807) is 7.11 Å². The molecular weight excluding hydrogens is 462 g/mol. The normalized spacial score (nSPS) is 19.7. The van der Waals surface area contributed by atoms with Gasteiger partial charge in [0.05, 0.1) is 19.2 Å². The molecule has 4 heterocycles. The molecule has 0 amide bonds. The topological polar surface area (TPSA) is 76.6 Å². The highest BCUT2D eigenvalue weighted by Crippen LogP contribution is 2.45. The first kappa shape index (κ1) is 22.0. The Kier molecular flexibility index (Phi) is 5.68. The molecule has 0 bridgehead atoms. The van der Waals surface area contributed by atoms with Crippen molar-refractivity contribution in [3.63, 3.8) is 0 Å². The maximum atomic E-state index is 13.1. The number of hydrogen-bond acceptors (Lipinski definition) is 6. The molecule has 33 heavy (non-hydrogen) atoms. The van der Waals surface area contributed by atoms with Gasteiger partial charge < -0.3 is 19.4 Å². The van der Waals surface area contributed by atoms with Gasteiger partial charge >= 0.3 is 5.69 Å². The molecule has 0 unspecified atom stereocenters. The van der Waals surface area contributed by atoms with Crippen LogP contribution in [0.25, 0.3) is 20.3 Å². The third-order valence-corrected chi connectivity index (χ3v) is 7.90. The first-order valence-corrected chi connectivity index (χ1v) is 11.6. The third-order valence-electron chi connectivity index (χ3n) is 6.74. The summed E-state index contributed by atoms with van der Waals surface area (Å²) >= 11 is 1.44. The number of hydrogen-bond donors (Lipinski definition) is 1. The van der Waals surface area contributed by atoms with E-state index in [2.05, 4.69) is 16.0 Å². The Balaban J connectivity index is 0.00000228. The number of aromatic amines is 1. The van der Waals surface area contributed by atoms with Crippen LogP contribution >= 0.6 is 23.7 Å². The fraction of sp³-hybridized carbons (Fsp3) is 0.333. The van der Waals surface area contributed by atoms with E-state index in [1.165, 1.54) is 21.5 Å². The predicted molar refractivity (Wildman–Crippen MR) is 133 cm³/mol. The molecule has 7 nitrogen and oxygen atoms in total. The number of rotatable bonds is 4. The summed E-state index contributed by atoms with van der Waals surface area (Å²) in [5.41, 5.74) is 1.28. The lowest BCUT2D eigenvalue weighted by Crippen LogP contribution is -2.38. The molecule has 2 aromatic heterocycles. The van der Waals surface area contributed by atoms with Crippen molar-refractivity contribution in [1.82, 2.24) is 14.5 Å². The maximum absolute atomic E-state index is 13.1. The molecule has 9 heteroatoms. The highest BCUT2D eigenvalue weighted by molar-refractivity contribution is 7.25. The summed E-state index contributed by atoms with van der Waals surface area (Å²) in [5.74, 6) is 2.39. The number of fused-ring (bicyclic) bond motifs is 6. The Hall–Kier alpha value is -2.81. The first-order valence-electron chi connectivity index (χ1n) is 10.8. The number of likely N-dealkylation sites (tertiary alicyclic amines) is 1. The molecule has 1 N–H and O–H groups in total. The number of ether oxygens (including phenoxy) is 2. The van der Waals surface area contributed by atoms with Gasteiger partial charge in [-0.05, 0) is 12.1 Å². The second-order valence-corrected chi connectivity index (χ2v) is 9.56. The number of thiophene rings is 1. The zero-order valence-electron chi connectivity index (χ0n) is 18.1. The monoisotopic (exact) mass is 485 g/mol. The molecule has 2 aromatic carbocycles. The van der Waals surface area contributed by atoms with E-state index in [-0.39, 0.29) is 23.7 Å². The van der Waals surface area contributed by atoms with E-state index in [0.717, 1.165) is 34.7 Å². The van der Waals surface area contributed by atoms with Gasteiger partial charge in [0, 0.05) is 53.7 Å². The largest absolute Gasteiger partial charge is 0.493 e. The van der Waals surface area contributed by atoms with Crippen LogP contribution in [0.15, 0.2) is 52.1 Å². The molecule has 172 valence electrons. The van der Waals surface area contributed by atoms with Crippen LogP contribution < -0.4 is 20.7 Å². The number of benzene rings is 2. The average Bonchev–Trinajstić information content (AvgIpc) is 3.40. The summed E-state index contributed by atoms with van der Waals surface area (Å²) in [7, 11) is 1.66. The Bertz CT molecular complexity index is 1460. The number of nitrogens with zero attached hydrogens (tertiary/aromatic N) is 2. The standard InChI is InChI=1S/C24H23N3O4S.ClH/c1-30-18-7-4-6-15-17-12-26(11-14(17)13-31-21(15)18)9-10-27-23(28)22-20(25-24(27)29)16-5-2-3-8-19(16)32-22;/h2-8,14,17H,9-13H2,1H3,(H,25,29);1H/t14-,17-;/m1./s1. The van der Waals surface area contributed by atoms with Crippen molar-refractivity contribution in [3.05, 3.63) is 68.9 Å². The van der Waals surface area contributed by atoms with Crippen LogP contribution in [0.1, 0.15) is 11.5 Å². The van der Waals surface area contributed by atoms with Gasteiger partial charge in [-0.15, -0.1) is 23.7 Å². The first-order chi connectivity index (χ1) is 15.6. The maximum Gasteiger partial charge on any atom is 0.328 e. The van der Waals surface area contributed by atoms with Crippen molar-refractivity contribution in [1.29, 1.82) is 0 Å². The fourth-order valence-electron chi connectivity index (χ4n) is 5.15. The molecule has 1 saturated heterocycles. The van der Waals surface area contributed by atoms with E-state index in [1.807, 2.05) is 36.4 Å². The van der Waals surface area contributed by atoms with Crippen molar-refractivity contribution < 1.29 is 9.47 Å². The molecule has 2 aliphatic rings. The minimum absolute atomic E-state index is 0. The molecule has 0 aliphatic carbocycles. The summed E-state index contributed by atoms with van der Waals surface area (Å²) < 4.78 is 14.4. The van der Waals surface area contributed by atoms with Crippen LogP contribution in [0.4, 0.5) is 0 Å². The molecule has 1 fully saturated rings. The van der Waals surface area contributed by atoms with Gasteiger partial charge in [-0.2, -0.15) is 0 Å². The zero-order valence-corrected chi connectivity index (χ0v) is 19.7. The number of halogens is 1. The van der Waals surface area contributed by atoms with Gasteiger partial charge in [0.15, 0.2) is 11.5 Å². The average molecular weight is 486 g/mol. The highest BCUT2D eigenvalue weighted by atomic mass is 35.5. The van der Waals surface area contributed by atoms with Crippen LogP contribution in [0.2, 0.25) is 0 Å². The third kappa shape index (κ3) is 3.53. The van der Waals surface area contributed by atoms with Crippen molar-refractivity contribution in [2.75, 3.05) is 33.4 Å². The molecule has 0 saturated carbocycles. The molecule has 2 atom stereocenters. The lowest BCUT2D eigenvalue weighted by molar-refractivity contribution is 0.203. The molecule has 6 rings (SSSR count). The number of nitrogens with one attached hydrogen (secondary N) is 1. The lowest BCUT2D eigenvalue weighted by Gasteiger charge is -2.28. The van der Waals surface area contributed by atoms with Crippen LogP contribution in [0, 0.1) is 5.92 Å². The van der Waals surface area contributed by atoms with Gasteiger partial charge in [-0.25, -0.2) is 4.79 Å². The Labute approximate surface area is 200 Å². The van der Waals surface area contributed by atoms with Crippen LogP contribution in [0.3, 0.4) is 0 Å². The van der Waals surface area contributed by atoms with Crippen molar-refractivity contribution in [3.8, 4) is 11.5 Å². The second-order valence-electron chi connectivity index (χ2n) is 8.51. The van der Waals surface area contributed by atoms with Gasteiger partial charge in [-0.1, -0.05) is 30.3 Å². The summed E-state index contributed by atoms with van der Waals surface area (Å²) in [6.07, 6.45) is 0. The molecule has 4 aromatic rings. The van der Waals surface area contributed by atoms with E-state index in [9.17, 15) is 9.59 Å². The summed E-state index contributed by atoms with van der Waals surface area (Å²) in [6.45, 7) is 3.43. The van der Waals surface area contributed by atoms with Gasteiger partial charge in [0.2, 0.25) is 0 Å². The van der Waals surface area contributed by atoms with Gasteiger partial charge in [0.25, 0.3) is 5.56 Å². The molecule has 0 spiro atoms. The fourth-order valence-corrected chi connectivity index (χ4v) is 6.26. The minimum atomic E-state index is -0.346. The minimum Gasteiger partial charge on any atom is -0.493 e. The zero-order chi connectivity index (χ0) is 21.8. The molecule has 0 radical (unpaired) electrons. The highest BCUT2D eigenvalue weighted by Gasteiger charge is 2.39. The van der Waals surface area contributed by atoms with Crippen molar-refractivity contribution >= 4 is 44.0 Å². The predicted octanol–water partition coefficient (Wildman–Crippen LogP) is 3.44. The van der Waals surface area contributed by atoms with Crippen LogP contribution in [0.5, 0.6) is 11.5 Å². The Morgan fingerprint density at radius 3 is 2.82 bits per heavy atom. The number of aromatic nitrogens is 2. The van der Waals surface area contributed by atoms with Crippen molar-refractivity contribution in [2.24, 2.45) is 5.92 Å². The van der Waals surface area contributed by atoms with Crippen LogP contribution in [-0.2, 0) is 6.54 Å². The van der Waals surface area contributed by atoms with E-state index >= 15 is 0 Å². The SMILES string of the molecule is COc1cccc2c1OC[C@H]1CN(CCn3c(=O)[nH]c4c(sc5ccccc54)c3=O)C[C@@H]21.Cl. The van der Waals surface area contributed by atoms with Gasteiger partial charge in [-0.3, -0.25) is 9.36 Å².